The monoisotopic (exact) mass is 359 g/mol. The van der Waals surface area contributed by atoms with Gasteiger partial charge in [0.05, 0.1) is 0 Å². The smallest absolute Gasteiger partial charge is 0.274 e. The summed E-state index contributed by atoms with van der Waals surface area (Å²) in [4.78, 5) is 26.5. The van der Waals surface area contributed by atoms with Gasteiger partial charge in [-0.05, 0) is 36.8 Å². The van der Waals surface area contributed by atoms with Gasteiger partial charge in [-0.25, -0.2) is 0 Å². The third-order valence-corrected chi connectivity index (χ3v) is 4.57. The maximum atomic E-state index is 12.4. The number of aromatic nitrogens is 2. The van der Waals surface area contributed by atoms with E-state index in [9.17, 15) is 9.59 Å². The molecule has 1 saturated heterocycles. The standard InChI is InChI=1S/C17H18ClN5O2/c1-12-13(18)3-2-4-14(12)19-16-6-5-15(20-21-16)17(25)23-9-7-22(11-24)8-10-23/h2-6,11H,7-10H2,1H3,(H,19,21). The molecule has 1 aliphatic heterocycles. The predicted molar refractivity (Wildman–Crippen MR) is 95.0 cm³/mol. The summed E-state index contributed by atoms with van der Waals surface area (Å²) in [5, 5.41) is 11.9. The van der Waals surface area contributed by atoms with Crippen LogP contribution < -0.4 is 5.32 Å². The van der Waals surface area contributed by atoms with Crippen molar-refractivity contribution < 1.29 is 9.59 Å². The second kappa shape index (κ2) is 7.48. The van der Waals surface area contributed by atoms with E-state index in [4.69, 9.17) is 11.6 Å². The Bertz CT molecular complexity index is 773. The van der Waals surface area contributed by atoms with Gasteiger partial charge in [0.1, 0.15) is 0 Å². The zero-order valence-electron chi connectivity index (χ0n) is 13.8. The first kappa shape index (κ1) is 17.2. The normalized spacial score (nSPS) is 14.3. The van der Waals surface area contributed by atoms with Crippen LogP contribution in [0.15, 0.2) is 30.3 Å². The number of hydrogen-bond donors (Lipinski definition) is 1. The van der Waals surface area contributed by atoms with Crippen LogP contribution in [0.4, 0.5) is 11.5 Å². The highest BCUT2D eigenvalue weighted by atomic mass is 35.5. The van der Waals surface area contributed by atoms with E-state index < -0.39 is 0 Å². The van der Waals surface area contributed by atoms with Crippen molar-refractivity contribution >= 4 is 35.4 Å². The Morgan fingerprint density at radius 2 is 1.92 bits per heavy atom. The molecule has 7 nitrogen and oxygen atoms in total. The molecule has 1 aliphatic rings. The van der Waals surface area contributed by atoms with Crippen molar-refractivity contribution in [2.45, 2.75) is 6.92 Å². The summed E-state index contributed by atoms with van der Waals surface area (Å²) in [5.41, 5.74) is 2.04. The van der Waals surface area contributed by atoms with Crippen LogP contribution in [0.2, 0.25) is 5.02 Å². The topological polar surface area (TPSA) is 78.4 Å². The average Bonchev–Trinajstić information content (AvgIpc) is 2.65. The second-order valence-electron chi connectivity index (χ2n) is 5.77. The number of benzene rings is 1. The number of nitrogens with one attached hydrogen (secondary N) is 1. The van der Waals surface area contributed by atoms with Gasteiger partial charge >= 0.3 is 0 Å². The minimum absolute atomic E-state index is 0.177. The molecule has 2 amide bonds. The molecule has 1 fully saturated rings. The highest BCUT2D eigenvalue weighted by Crippen LogP contribution is 2.25. The fraction of sp³-hybridized carbons (Fsp3) is 0.294. The molecule has 0 unspecified atom stereocenters. The molecule has 2 heterocycles. The summed E-state index contributed by atoms with van der Waals surface area (Å²) < 4.78 is 0. The fourth-order valence-corrected chi connectivity index (χ4v) is 2.76. The van der Waals surface area contributed by atoms with Gasteiger partial charge in [0.15, 0.2) is 11.5 Å². The predicted octanol–water partition coefficient (Wildman–Crippen LogP) is 2.10. The van der Waals surface area contributed by atoms with Gasteiger partial charge in [-0.1, -0.05) is 17.7 Å². The number of halogens is 1. The van der Waals surface area contributed by atoms with Gasteiger partial charge in [-0.15, -0.1) is 10.2 Å². The lowest BCUT2D eigenvalue weighted by atomic mass is 10.2. The summed E-state index contributed by atoms with van der Waals surface area (Å²) in [6.07, 6.45) is 0.805. The van der Waals surface area contributed by atoms with Crippen molar-refractivity contribution in [3.05, 3.63) is 46.6 Å². The minimum atomic E-state index is -0.177. The molecule has 1 aromatic carbocycles. The van der Waals surface area contributed by atoms with Crippen molar-refractivity contribution in [3.63, 3.8) is 0 Å². The molecule has 0 atom stereocenters. The maximum absolute atomic E-state index is 12.4. The third-order valence-electron chi connectivity index (χ3n) is 4.16. The molecular weight excluding hydrogens is 342 g/mol. The van der Waals surface area contributed by atoms with E-state index in [1.165, 1.54) is 0 Å². The molecule has 8 heteroatoms. The maximum Gasteiger partial charge on any atom is 0.274 e. The van der Waals surface area contributed by atoms with Crippen LogP contribution in [0.5, 0.6) is 0 Å². The molecule has 0 aliphatic carbocycles. The molecule has 0 spiro atoms. The zero-order chi connectivity index (χ0) is 17.8. The molecule has 0 radical (unpaired) electrons. The Labute approximate surface area is 150 Å². The number of carbonyl (C=O) groups is 2. The first-order chi connectivity index (χ1) is 12.1. The lowest BCUT2D eigenvalue weighted by molar-refractivity contribution is -0.119. The van der Waals surface area contributed by atoms with Crippen LogP contribution in [0.25, 0.3) is 0 Å². The van der Waals surface area contributed by atoms with E-state index in [0.717, 1.165) is 17.7 Å². The molecule has 25 heavy (non-hydrogen) atoms. The van der Waals surface area contributed by atoms with E-state index in [-0.39, 0.29) is 11.6 Å². The molecule has 1 N–H and O–H groups in total. The molecule has 2 aromatic rings. The van der Waals surface area contributed by atoms with Crippen molar-refractivity contribution in [1.29, 1.82) is 0 Å². The number of nitrogens with zero attached hydrogens (tertiary/aromatic N) is 4. The Balaban J connectivity index is 1.67. The van der Waals surface area contributed by atoms with Gasteiger partial charge in [0, 0.05) is 36.9 Å². The van der Waals surface area contributed by atoms with Crippen molar-refractivity contribution in [3.8, 4) is 0 Å². The molecular formula is C17H18ClN5O2. The summed E-state index contributed by atoms with van der Waals surface area (Å²) in [6.45, 7) is 3.99. The van der Waals surface area contributed by atoms with Gasteiger partial charge in [-0.2, -0.15) is 0 Å². The van der Waals surface area contributed by atoms with Crippen LogP contribution in [0, 0.1) is 6.92 Å². The van der Waals surface area contributed by atoms with Crippen LogP contribution in [0.1, 0.15) is 16.1 Å². The second-order valence-corrected chi connectivity index (χ2v) is 6.18. The molecule has 0 saturated carbocycles. The van der Waals surface area contributed by atoms with E-state index in [1.807, 2.05) is 25.1 Å². The zero-order valence-corrected chi connectivity index (χ0v) is 14.5. The van der Waals surface area contributed by atoms with Crippen molar-refractivity contribution in [2.24, 2.45) is 0 Å². The summed E-state index contributed by atoms with van der Waals surface area (Å²) >= 11 is 6.10. The Morgan fingerprint density at radius 3 is 2.56 bits per heavy atom. The Morgan fingerprint density at radius 1 is 1.16 bits per heavy atom. The number of anilines is 2. The summed E-state index contributed by atoms with van der Waals surface area (Å²) in [7, 11) is 0. The number of amides is 2. The van der Waals surface area contributed by atoms with Gasteiger partial charge < -0.3 is 15.1 Å². The number of hydrogen-bond acceptors (Lipinski definition) is 5. The summed E-state index contributed by atoms with van der Waals surface area (Å²) in [5.74, 6) is 0.358. The van der Waals surface area contributed by atoms with E-state index >= 15 is 0 Å². The molecule has 0 bridgehead atoms. The van der Waals surface area contributed by atoms with Gasteiger partial charge in [0.25, 0.3) is 5.91 Å². The lowest BCUT2D eigenvalue weighted by Gasteiger charge is -2.32. The van der Waals surface area contributed by atoms with E-state index in [0.29, 0.717) is 37.0 Å². The fourth-order valence-electron chi connectivity index (χ4n) is 2.59. The van der Waals surface area contributed by atoms with Crippen molar-refractivity contribution in [2.75, 3.05) is 31.5 Å². The van der Waals surface area contributed by atoms with Gasteiger partial charge in [-0.3, -0.25) is 9.59 Å². The van der Waals surface area contributed by atoms with Crippen LogP contribution in [-0.2, 0) is 4.79 Å². The molecule has 1 aromatic heterocycles. The van der Waals surface area contributed by atoms with Crippen LogP contribution in [0.3, 0.4) is 0 Å². The number of carbonyl (C=O) groups excluding carboxylic acids is 2. The molecule has 130 valence electrons. The van der Waals surface area contributed by atoms with Gasteiger partial charge in [0.2, 0.25) is 6.41 Å². The number of rotatable bonds is 4. The number of piperazine rings is 1. The quantitative estimate of drug-likeness (QED) is 0.846. The van der Waals surface area contributed by atoms with Crippen LogP contribution >= 0.6 is 11.6 Å². The molecule has 3 rings (SSSR count). The third kappa shape index (κ3) is 3.88. The van der Waals surface area contributed by atoms with Crippen LogP contribution in [-0.4, -0.2) is 58.5 Å². The first-order valence-electron chi connectivity index (χ1n) is 7.93. The lowest BCUT2D eigenvalue weighted by Crippen LogP contribution is -2.48. The SMILES string of the molecule is Cc1c(Cl)cccc1Nc1ccc(C(=O)N2CCN(C=O)CC2)nn1. The van der Waals surface area contributed by atoms with E-state index in [1.54, 1.807) is 21.9 Å². The Hall–Kier alpha value is -2.67. The Kier molecular flexibility index (Phi) is 5.14. The largest absolute Gasteiger partial charge is 0.342 e. The van der Waals surface area contributed by atoms with E-state index in [2.05, 4.69) is 15.5 Å². The first-order valence-corrected chi connectivity index (χ1v) is 8.31. The highest BCUT2D eigenvalue weighted by molar-refractivity contribution is 6.31. The highest BCUT2D eigenvalue weighted by Gasteiger charge is 2.22. The average molecular weight is 360 g/mol. The minimum Gasteiger partial charge on any atom is -0.342 e. The summed E-state index contributed by atoms with van der Waals surface area (Å²) in [6, 6.07) is 8.92. The van der Waals surface area contributed by atoms with Crippen molar-refractivity contribution in [1.82, 2.24) is 20.0 Å².